The monoisotopic (exact) mass is 409 g/mol. The molecule has 3 aromatic rings. The minimum atomic E-state index is -0.226. The Morgan fingerprint density at radius 1 is 0.931 bits per heavy atom. The van der Waals surface area contributed by atoms with E-state index in [4.69, 9.17) is 11.6 Å². The van der Waals surface area contributed by atoms with Gasteiger partial charge in [0, 0.05) is 0 Å². The van der Waals surface area contributed by atoms with E-state index >= 15 is 0 Å². The Kier molecular flexibility index (Phi) is 6.86. The van der Waals surface area contributed by atoms with E-state index in [2.05, 4.69) is 34.9 Å². The molecule has 0 aliphatic heterocycles. The molecule has 0 heterocycles. The van der Waals surface area contributed by atoms with Crippen LogP contribution < -0.4 is 10.6 Å². The zero-order valence-electron chi connectivity index (χ0n) is 16.5. The number of para-hydroxylation sites is 1. The van der Waals surface area contributed by atoms with Crippen molar-refractivity contribution in [2.75, 3.05) is 25.5 Å². The van der Waals surface area contributed by atoms with E-state index in [1.165, 1.54) is 5.39 Å². The minimum Gasteiger partial charge on any atom is -0.348 e. The van der Waals surface area contributed by atoms with Crippen molar-refractivity contribution in [3.63, 3.8) is 0 Å². The van der Waals surface area contributed by atoms with Crippen LogP contribution >= 0.6 is 11.6 Å². The average molecular weight is 410 g/mol. The first kappa shape index (κ1) is 20.8. The summed E-state index contributed by atoms with van der Waals surface area (Å²) in [4.78, 5) is 26.2. The molecule has 29 heavy (non-hydrogen) atoms. The summed E-state index contributed by atoms with van der Waals surface area (Å²) in [5, 5.41) is 8.53. The quantitative estimate of drug-likeness (QED) is 0.613. The highest BCUT2D eigenvalue weighted by atomic mass is 35.5. The number of fused-ring (bicyclic) bond motifs is 1. The van der Waals surface area contributed by atoms with E-state index in [-0.39, 0.29) is 30.9 Å². The molecular formula is C23H24ClN3O2. The molecule has 1 atom stereocenters. The van der Waals surface area contributed by atoms with Crippen molar-refractivity contribution in [1.82, 2.24) is 10.2 Å². The molecule has 3 rings (SSSR count). The Hall–Kier alpha value is -2.89. The number of hydrogen-bond donors (Lipinski definition) is 2. The van der Waals surface area contributed by atoms with Gasteiger partial charge < -0.3 is 10.6 Å². The van der Waals surface area contributed by atoms with Gasteiger partial charge in [-0.05, 0) is 48.5 Å². The summed E-state index contributed by atoms with van der Waals surface area (Å²) in [6, 6.07) is 21.2. The molecule has 0 aliphatic rings. The van der Waals surface area contributed by atoms with E-state index in [0.717, 1.165) is 10.9 Å². The van der Waals surface area contributed by atoms with Crippen molar-refractivity contribution in [3.05, 3.63) is 77.3 Å². The number of halogens is 1. The summed E-state index contributed by atoms with van der Waals surface area (Å²) >= 11 is 6.05. The Morgan fingerprint density at radius 2 is 1.59 bits per heavy atom. The van der Waals surface area contributed by atoms with E-state index in [1.54, 1.807) is 36.2 Å². The van der Waals surface area contributed by atoms with Crippen LogP contribution in [0, 0.1) is 0 Å². The summed E-state index contributed by atoms with van der Waals surface area (Å²) in [6.45, 7) is 2.16. The lowest BCUT2D eigenvalue weighted by molar-refractivity contribution is -0.123. The van der Waals surface area contributed by atoms with Gasteiger partial charge >= 0.3 is 0 Å². The molecule has 0 radical (unpaired) electrons. The number of carbonyl (C=O) groups excluding carboxylic acids is 2. The maximum Gasteiger partial charge on any atom is 0.238 e. The van der Waals surface area contributed by atoms with Gasteiger partial charge in [0.2, 0.25) is 11.8 Å². The van der Waals surface area contributed by atoms with Crippen molar-refractivity contribution in [3.8, 4) is 0 Å². The van der Waals surface area contributed by atoms with Gasteiger partial charge in [0.1, 0.15) is 0 Å². The van der Waals surface area contributed by atoms with Crippen molar-refractivity contribution < 1.29 is 9.59 Å². The van der Waals surface area contributed by atoms with E-state index in [0.29, 0.717) is 10.7 Å². The van der Waals surface area contributed by atoms with Gasteiger partial charge in [0.05, 0.1) is 29.8 Å². The summed E-state index contributed by atoms with van der Waals surface area (Å²) in [6.07, 6.45) is 0. The van der Waals surface area contributed by atoms with Crippen LogP contribution in [0.2, 0.25) is 5.02 Å². The van der Waals surface area contributed by atoms with Crippen LogP contribution in [0.3, 0.4) is 0 Å². The number of anilines is 1. The molecule has 0 fully saturated rings. The molecular weight excluding hydrogens is 386 g/mol. The van der Waals surface area contributed by atoms with E-state index in [1.807, 2.05) is 25.1 Å². The minimum absolute atomic E-state index is 0.0863. The zero-order chi connectivity index (χ0) is 20.8. The Balaban J connectivity index is 1.51. The highest BCUT2D eigenvalue weighted by Gasteiger charge is 2.14. The number of rotatable bonds is 7. The molecule has 5 nitrogen and oxygen atoms in total. The van der Waals surface area contributed by atoms with Crippen LogP contribution in [-0.2, 0) is 9.59 Å². The van der Waals surface area contributed by atoms with Crippen molar-refractivity contribution in [1.29, 1.82) is 0 Å². The van der Waals surface area contributed by atoms with Gasteiger partial charge in [0.25, 0.3) is 0 Å². The second-order valence-corrected chi connectivity index (χ2v) is 7.50. The predicted octanol–water partition coefficient (Wildman–Crippen LogP) is 4.24. The fourth-order valence-electron chi connectivity index (χ4n) is 3.15. The Labute approximate surface area is 175 Å². The van der Waals surface area contributed by atoms with Gasteiger partial charge in [-0.2, -0.15) is 0 Å². The van der Waals surface area contributed by atoms with E-state index < -0.39 is 0 Å². The SMILES string of the molecule is C[C@H](NC(=O)CN(C)CC(=O)Nc1ccccc1Cl)c1ccc2ccccc2c1. The van der Waals surface area contributed by atoms with Gasteiger partial charge in [-0.25, -0.2) is 0 Å². The number of nitrogens with one attached hydrogen (secondary N) is 2. The number of amides is 2. The lowest BCUT2D eigenvalue weighted by atomic mass is 10.0. The fourth-order valence-corrected chi connectivity index (χ4v) is 3.33. The van der Waals surface area contributed by atoms with Crippen molar-refractivity contribution >= 4 is 39.9 Å². The molecule has 2 N–H and O–H groups in total. The van der Waals surface area contributed by atoms with Crippen LogP contribution in [0.25, 0.3) is 10.8 Å². The number of benzene rings is 3. The fraction of sp³-hybridized carbons (Fsp3) is 0.217. The molecule has 0 spiro atoms. The maximum atomic E-state index is 12.4. The first-order valence-corrected chi connectivity index (χ1v) is 9.81. The summed E-state index contributed by atoms with van der Waals surface area (Å²) in [7, 11) is 1.73. The smallest absolute Gasteiger partial charge is 0.238 e. The molecule has 0 unspecified atom stereocenters. The summed E-state index contributed by atoms with van der Waals surface area (Å²) in [5.74, 6) is -0.366. The highest BCUT2D eigenvalue weighted by Crippen LogP contribution is 2.21. The zero-order valence-corrected chi connectivity index (χ0v) is 17.2. The number of nitrogens with zero attached hydrogens (tertiary/aromatic N) is 1. The van der Waals surface area contributed by atoms with Crippen molar-refractivity contribution in [2.45, 2.75) is 13.0 Å². The van der Waals surface area contributed by atoms with Crippen LogP contribution in [-0.4, -0.2) is 36.9 Å². The molecule has 3 aromatic carbocycles. The second-order valence-electron chi connectivity index (χ2n) is 7.10. The standard InChI is InChI=1S/C23H24ClN3O2/c1-16(18-12-11-17-7-3-4-8-19(17)13-18)25-22(28)14-27(2)15-23(29)26-21-10-6-5-9-20(21)24/h3-13,16H,14-15H2,1-2H3,(H,25,28)(H,26,29)/t16-/m0/s1. The van der Waals surface area contributed by atoms with Crippen LogP contribution in [0.4, 0.5) is 5.69 Å². The summed E-state index contributed by atoms with van der Waals surface area (Å²) < 4.78 is 0. The third-order valence-corrected chi connectivity index (χ3v) is 4.96. The molecule has 6 heteroatoms. The maximum absolute atomic E-state index is 12.4. The lowest BCUT2D eigenvalue weighted by Crippen LogP contribution is -2.39. The number of likely N-dealkylation sites (N-methyl/N-ethyl adjacent to an activating group) is 1. The first-order valence-electron chi connectivity index (χ1n) is 9.43. The van der Waals surface area contributed by atoms with E-state index in [9.17, 15) is 9.59 Å². The molecule has 150 valence electrons. The Bertz CT molecular complexity index is 1020. The van der Waals surface area contributed by atoms with Crippen LogP contribution in [0.1, 0.15) is 18.5 Å². The number of carbonyl (C=O) groups is 2. The third kappa shape index (κ3) is 5.79. The second kappa shape index (κ2) is 9.54. The molecule has 0 aromatic heterocycles. The van der Waals surface area contributed by atoms with Crippen LogP contribution in [0.15, 0.2) is 66.7 Å². The molecule has 0 bridgehead atoms. The van der Waals surface area contributed by atoms with Gasteiger partial charge in [-0.15, -0.1) is 0 Å². The molecule has 0 saturated heterocycles. The number of hydrogen-bond acceptors (Lipinski definition) is 3. The van der Waals surface area contributed by atoms with Gasteiger partial charge in [0.15, 0.2) is 0 Å². The predicted molar refractivity (Wildman–Crippen MR) is 118 cm³/mol. The van der Waals surface area contributed by atoms with Crippen molar-refractivity contribution in [2.24, 2.45) is 0 Å². The third-order valence-electron chi connectivity index (χ3n) is 4.63. The highest BCUT2D eigenvalue weighted by molar-refractivity contribution is 6.33. The lowest BCUT2D eigenvalue weighted by Gasteiger charge is -2.19. The van der Waals surface area contributed by atoms with Crippen LogP contribution in [0.5, 0.6) is 0 Å². The normalized spacial score (nSPS) is 12.0. The Morgan fingerprint density at radius 3 is 2.34 bits per heavy atom. The molecule has 2 amide bonds. The summed E-state index contributed by atoms with van der Waals surface area (Å²) in [5.41, 5.74) is 1.60. The molecule has 0 saturated carbocycles. The van der Waals surface area contributed by atoms with Gasteiger partial charge in [-0.1, -0.05) is 60.1 Å². The topological polar surface area (TPSA) is 61.4 Å². The molecule has 0 aliphatic carbocycles. The first-order chi connectivity index (χ1) is 13.9. The largest absolute Gasteiger partial charge is 0.348 e. The average Bonchev–Trinajstić information content (AvgIpc) is 2.69. The van der Waals surface area contributed by atoms with Gasteiger partial charge in [-0.3, -0.25) is 14.5 Å².